The molecule has 3 rings (SSSR count). The molecule has 1 radical (unpaired) electrons. The molecule has 4 heteroatoms. The Labute approximate surface area is 97.9 Å². The fraction of sp³-hybridized carbons (Fsp3) is 0.0769. The molecule has 0 saturated carbocycles. The van der Waals surface area contributed by atoms with Crippen LogP contribution in [0.2, 0.25) is 0 Å². The van der Waals surface area contributed by atoms with Crippen molar-refractivity contribution >= 4 is 10.8 Å². The number of aromatic nitrogens is 2. The summed E-state index contributed by atoms with van der Waals surface area (Å²) in [6.07, 6.45) is 7.70. The van der Waals surface area contributed by atoms with E-state index in [9.17, 15) is 0 Å². The zero-order valence-corrected chi connectivity index (χ0v) is 8.96. The molecule has 0 unspecified atom stereocenters. The van der Waals surface area contributed by atoms with Crippen LogP contribution in [0.1, 0.15) is 5.69 Å². The van der Waals surface area contributed by atoms with Crippen LogP contribution in [-0.4, -0.2) is 9.97 Å². The van der Waals surface area contributed by atoms with Crippen LogP contribution in [0.25, 0.3) is 10.8 Å². The van der Waals surface area contributed by atoms with Crippen LogP contribution >= 0.6 is 0 Å². The molecular weight excluding hydrogens is 216 g/mol. The van der Waals surface area contributed by atoms with Gasteiger partial charge in [0.15, 0.2) is 6.26 Å². The van der Waals surface area contributed by atoms with E-state index in [-0.39, 0.29) is 0 Å². The van der Waals surface area contributed by atoms with Crippen molar-refractivity contribution in [2.45, 2.75) is 6.61 Å². The highest BCUT2D eigenvalue weighted by Gasteiger charge is 2.07. The highest BCUT2D eigenvalue weighted by Crippen LogP contribution is 2.27. The lowest BCUT2D eigenvalue weighted by molar-refractivity contribution is 0.231. The average molecular weight is 225 g/mol. The molecule has 0 N–H and O–H groups in total. The molecule has 4 nitrogen and oxygen atoms in total. The molecule has 0 saturated heterocycles. The van der Waals surface area contributed by atoms with Crippen LogP contribution in [0.4, 0.5) is 0 Å². The highest BCUT2D eigenvalue weighted by atomic mass is 16.6. The summed E-state index contributed by atoms with van der Waals surface area (Å²) in [5, 5.41) is 1.82. The maximum Gasteiger partial charge on any atom is 0.293 e. The molecule has 3 aromatic rings. The van der Waals surface area contributed by atoms with Crippen molar-refractivity contribution in [3.63, 3.8) is 0 Å². The van der Waals surface area contributed by atoms with Gasteiger partial charge in [0.25, 0.3) is 5.95 Å². The van der Waals surface area contributed by atoms with Gasteiger partial charge in [0.2, 0.25) is 0 Å². The maximum atomic E-state index is 5.54. The second kappa shape index (κ2) is 4.25. The van der Waals surface area contributed by atoms with E-state index in [0.29, 0.717) is 12.6 Å². The summed E-state index contributed by atoms with van der Waals surface area (Å²) < 4.78 is 10.8. The van der Waals surface area contributed by atoms with E-state index >= 15 is 0 Å². The SMILES string of the molecule is [c]1oc(OCc2cnccn2)c2ccccc12. The number of ether oxygens (including phenoxy) is 1. The first kappa shape index (κ1) is 9.84. The lowest BCUT2D eigenvalue weighted by Crippen LogP contribution is -1.97. The Balaban J connectivity index is 1.82. The minimum absolute atomic E-state index is 0.333. The summed E-state index contributed by atoms with van der Waals surface area (Å²) in [6.45, 7) is 0.333. The quantitative estimate of drug-likeness (QED) is 0.687. The van der Waals surface area contributed by atoms with E-state index in [1.807, 2.05) is 24.3 Å². The molecule has 0 fully saturated rings. The molecule has 0 amide bonds. The summed E-state index contributed by atoms with van der Waals surface area (Å²) in [4.78, 5) is 8.08. The Hall–Kier alpha value is -2.36. The van der Waals surface area contributed by atoms with Crippen molar-refractivity contribution in [2.24, 2.45) is 0 Å². The molecule has 0 spiro atoms. The number of hydrogen-bond acceptors (Lipinski definition) is 4. The Morgan fingerprint density at radius 1 is 1.24 bits per heavy atom. The van der Waals surface area contributed by atoms with Gasteiger partial charge in [-0.2, -0.15) is 0 Å². The van der Waals surface area contributed by atoms with E-state index < -0.39 is 0 Å². The molecule has 83 valence electrons. The summed E-state index contributed by atoms with van der Waals surface area (Å²) in [7, 11) is 0. The molecule has 0 atom stereocenters. The monoisotopic (exact) mass is 225 g/mol. The number of fused-ring (bicyclic) bond motifs is 1. The minimum Gasteiger partial charge on any atom is -0.458 e. The molecule has 17 heavy (non-hydrogen) atoms. The molecule has 2 aromatic heterocycles. The number of rotatable bonds is 3. The van der Waals surface area contributed by atoms with Crippen molar-refractivity contribution in [1.29, 1.82) is 0 Å². The Kier molecular flexibility index (Phi) is 2.46. The third-order valence-corrected chi connectivity index (χ3v) is 2.37. The van der Waals surface area contributed by atoms with Gasteiger partial charge in [-0.05, 0) is 6.07 Å². The molecular formula is C13H9N2O2. The van der Waals surface area contributed by atoms with Gasteiger partial charge < -0.3 is 9.15 Å². The lowest BCUT2D eigenvalue weighted by atomic mass is 10.2. The van der Waals surface area contributed by atoms with Gasteiger partial charge in [0, 0.05) is 17.8 Å². The van der Waals surface area contributed by atoms with Crippen LogP contribution in [0, 0.1) is 6.26 Å². The predicted molar refractivity (Wildman–Crippen MR) is 61.4 cm³/mol. The van der Waals surface area contributed by atoms with E-state index in [1.54, 1.807) is 18.6 Å². The summed E-state index contributed by atoms with van der Waals surface area (Å²) in [5.74, 6) is 0.464. The third kappa shape index (κ3) is 1.97. The van der Waals surface area contributed by atoms with Gasteiger partial charge in [-0.1, -0.05) is 18.2 Å². The summed E-state index contributed by atoms with van der Waals surface area (Å²) >= 11 is 0. The molecule has 0 aliphatic carbocycles. The minimum atomic E-state index is 0.333. The molecule has 2 heterocycles. The van der Waals surface area contributed by atoms with E-state index in [2.05, 4.69) is 16.2 Å². The van der Waals surface area contributed by atoms with Crippen molar-refractivity contribution in [3.8, 4) is 5.95 Å². The molecule has 1 aromatic carbocycles. The standard InChI is InChI=1S/C13H9N2O2/c1-2-4-12-10(3-1)8-16-13(12)17-9-11-7-14-5-6-15-11/h1-7H,9H2. The second-order valence-corrected chi connectivity index (χ2v) is 3.52. The predicted octanol–water partition coefficient (Wildman–Crippen LogP) is 2.60. The highest BCUT2D eigenvalue weighted by molar-refractivity contribution is 5.85. The first-order valence-electron chi connectivity index (χ1n) is 5.20. The van der Waals surface area contributed by atoms with Crippen molar-refractivity contribution < 1.29 is 9.15 Å². The first-order chi connectivity index (χ1) is 8.43. The normalized spacial score (nSPS) is 10.6. The van der Waals surface area contributed by atoms with Crippen molar-refractivity contribution in [3.05, 3.63) is 54.8 Å². The van der Waals surface area contributed by atoms with Gasteiger partial charge in [0.1, 0.15) is 6.61 Å². The molecule has 0 aliphatic heterocycles. The Morgan fingerprint density at radius 3 is 3.06 bits per heavy atom. The lowest BCUT2D eigenvalue weighted by Gasteiger charge is -2.01. The number of benzene rings is 1. The number of nitrogens with zero attached hydrogens (tertiary/aromatic N) is 2. The Bertz CT molecular complexity index is 619. The summed E-state index contributed by atoms with van der Waals surface area (Å²) in [5.41, 5.74) is 0.757. The zero-order chi connectivity index (χ0) is 11.5. The van der Waals surface area contributed by atoms with Crippen LogP contribution < -0.4 is 4.74 Å². The van der Waals surface area contributed by atoms with E-state index in [0.717, 1.165) is 16.5 Å². The van der Waals surface area contributed by atoms with Gasteiger partial charge >= 0.3 is 0 Å². The van der Waals surface area contributed by atoms with E-state index in [1.165, 1.54) is 0 Å². The van der Waals surface area contributed by atoms with Crippen LogP contribution in [0.15, 0.2) is 47.3 Å². The van der Waals surface area contributed by atoms with E-state index in [4.69, 9.17) is 9.15 Å². The van der Waals surface area contributed by atoms with Gasteiger partial charge in [-0.3, -0.25) is 9.97 Å². The van der Waals surface area contributed by atoms with Gasteiger partial charge in [0.05, 0.1) is 17.3 Å². The van der Waals surface area contributed by atoms with Crippen molar-refractivity contribution in [1.82, 2.24) is 9.97 Å². The first-order valence-corrected chi connectivity index (χ1v) is 5.20. The smallest absolute Gasteiger partial charge is 0.293 e. The van der Waals surface area contributed by atoms with Crippen LogP contribution in [-0.2, 0) is 6.61 Å². The average Bonchev–Trinajstić information content (AvgIpc) is 2.81. The van der Waals surface area contributed by atoms with Crippen molar-refractivity contribution in [2.75, 3.05) is 0 Å². The fourth-order valence-electron chi connectivity index (χ4n) is 1.56. The maximum absolute atomic E-state index is 5.54. The largest absolute Gasteiger partial charge is 0.458 e. The molecule has 0 aliphatic rings. The van der Waals surface area contributed by atoms with Crippen LogP contribution in [0.3, 0.4) is 0 Å². The topological polar surface area (TPSA) is 48.2 Å². The number of hydrogen-bond donors (Lipinski definition) is 0. The zero-order valence-electron chi connectivity index (χ0n) is 8.96. The number of furan rings is 1. The fourth-order valence-corrected chi connectivity index (χ4v) is 1.56. The van der Waals surface area contributed by atoms with Crippen LogP contribution in [0.5, 0.6) is 5.95 Å². The molecule has 0 bridgehead atoms. The Morgan fingerprint density at radius 2 is 2.18 bits per heavy atom. The third-order valence-electron chi connectivity index (χ3n) is 2.37. The van der Waals surface area contributed by atoms with Gasteiger partial charge in [-0.25, -0.2) is 0 Å². The van der Waals surface area contributed by atoms with Gasteiger partial charge in [-0.15, -0.1) is 0 Å². The second-order valence-electron chi connectivity index (χ2n) is 3.52. The summed E-state index contributed by atoms with van der Waals surface area (Å²) in [6, 6.07) is 7.72.